The van der Waals surface area contributed by atoms with Crippen LogP contribution in [-0.2, 0) is 4.79 Å². The van der Waals surface area contributed by atoms with E-state index in [0.29, 0.717) is 6.42 Å². The van der Waals surface area contributed by atoms with Crippen molar-refractivity contribution < 1.29 is 19.6 Å². The molecule has 0 radical (unpaired) electrons. The number of carboxylic acid groups (broad SMARTS) is 1. The van der Waals surface area contributed by atoms with E-state index in [1.54, 1.807) is 6.07 Å². The Morgan fingerprint density at radius 1 is 1.55 bits per heavy atom. The first-order valence-electron chi connectivity index (χ1n) is 5.93. The molecular formula is C13H14N2O5. The van der Waals surface area contributed by atoms with Crippen molar-refractivity contribution in [2.24, 2.45) is 5.92 Å². The number of carbonyl (C=O) groups is 1. The number of nitriles is 1. The third kappa shape index (κ3) is 3.95. The Labute approximate surface area is 115 Å². The zero-order valence-corrected chi connectivity index (χ0v) is 11.1. The Balaban J connectivity index is 3.00. The second-order valence-corrected chi connectivity index (χ2v) is 4.62. The van der Waals surface area contributed by atoms with E-state index in [0.717, 1.165) is 6.07 Å². The van der Waals surface area contributed by atoms with Crippen molar-refractivity contribution in [1.82, 2.24) is 0 Å². The smallest absolute Gasteiger partial charge is 0.344 e. The molecule has 7 nitrogen and oxygen atoms in total. The van der Waals surface area contributed by atoms with E-state index in [1.807, 2.05) is 13.8 Å². The van der Waals surface area contributed by atoms with Crippen molar-refractivity contribution in [2.75, 3.05) is 0 Å². The molecule has 1 atom stereocenters. The van der Waals surface area contributed by atoms with Crippen molar-refractivity contribution >= 4 is 11.7 Å². The molecule has 1 N–H and O–H groups in total. The maximum absolute atomic E-state index is 11.1. The second-order valence-electron chi connectivity index (χ2n) is 4.62. The zero-order chi connectivity index (χ0) is 15.3. The van der Waals surface area contributed by atoms with Gasteiger partial charge in [0, 0.05) is 12.1 Å². The molecular weight excluding hydrogens is 264 g/mol. The molecule has 7 heteroatoms. The molecule has 1 aromatic rings. The Morgan fingerprint density at radius 3 is 2.65 bits per heavy atom. The molecule has 0 bridgehead atoms. The van der Waals surface area contributed by atoms with Crippen molar-refractivity contribution in [3.8, 4) is 11.8 Å². The normalized spacial score (nSPS) is 11.7. The fraction of sp³-hybridized carbons (Fsp3) is 0.385. The molecule has 106 valence electrons. The predicted octanol–water partition coefficient (Wildman–Crippen LogP) is 2.34. The molecule has 0 saturated heterocycles. The summed E-state index contributed by atoms with van der Waals surface area (Å²) in [4.78, 5) is 21.1. The van der Waals surface area contributed by atoms with Gasteiger partial charge >= 0.3 is 5.97 Å². The number of hydrogen-bond donors (Lipinski definition) is 1. The molecule has 0 aliphatic rings. The summed E-state index contributed by atoms with van der Waals surface area (Å²) < 4.78 is 5.29. The first-order valence-corrected chi connectivity index (χ1v) is 5.93. The number of ether oxygens (including phenoxy) is 1. The second kappa shape index (κ2) is 6.52. The number of hydrogen-bond acceptors (Lipinski definition) is 5. The number of nitro groups is 1. The third-order valence-corrected chi connectivity index (χ3v) is 2.52. The summed E-state index contributed by atoms with van der Waals surface area (Å²) in [5.74, 6) is -0.875. The van der Waals surface area contributed by atoms with Crippen molar-refractivity contribution in [3.05, 3.63) is 33.9 Å². The number of aliphatic carboxylic acids is 1. The van der Waals surface area contributed by atoms with E-state index >= 15 is 0 Å². The molecule has 1 rings (SSSR count). The van der Waals surface area contributed by atoms with Crippen LogP contribution < -0.4 is 4.74 Å². The van der Waals surface area contributed by atoms with E-state index in [9.17, 15) is 14.9 Å². The van der Waals surface area contributed by atoms with E-state index in [-0.39, 0.29) is 22.9 Å². The maximum Gasteiger partial charge on any atom is 0.344 e. The largest absolute Gasteiger partial charge is 0.479 e. The lowest BCUT2D eigenvalue weighted by molar-refractivity contribution is -0.385. The number of carboxylic acids is 1. The summed E-state index contributed by atoms with van der Waals surface area (Å²) >= 11 is 0. The maximum atomic E-state index is 11.1. The molecule has 0 aromatic heterocycles. The fourth-order valence-electron chi connectivity index (χ4n) is 1.63. The van der Waals surface area contributed by atoms with Gasteiger partial charge in [-0.05, 0) is 18.4 Å². The lowest BCUT2D eigenvalue weighted by Gasteiger charge is -2.16. The topological polar surface area (TPSA) is 113 Å². The number of nitro benzene ring substituents is 1. The molecule has 0 fully saturated rings. The molecule has 1 unspecified atom stereocenters. The summed E-state index contributed by atoms with van der Waals surface area (Å²) in [6.45, 7) is 3.71. The highest BCUT2D eigenvalue weighted by Gasteiger charge is 2.22. The van der Waals surface area contributed by atoms with E-state index < -0.39 is 17.0 Å². The molecule has 20 heavy (non-hydrogen) atoms. The van der Waals surface area contributed by atoms with Crippen LogP contribution in [0.5, 0.6) is 5.75 Å². The molecule has 1 aromatic carbocycles. The van der Waals surface area contributed by atoms with Crippen LogP contribution in [0.4, 0.5) is 5.69 Å². The van der Waals surface area contributed by atoms with Crippen LogP contribution in [0.3, 0.4) is 0 Å². The molecule has 0 saturated carbocycles. The minimum absolute atomic E-state index is 0.115. The summed E-state index contributed by atoms with van der Waals surface area (Å²) in [6.07, 6.45) is -0.753. The van der Waals surface area contributed by atoms with Crippen LogP contribution in [0.2, 0.25) is 0 Å². The van der Waals surface area contributed by atoms with Gasteiger partial charge in [-0.2, -0.15) is 5.26 Å². The van der Waals surface area contributed by atoms with Crippen LogP contribution in [0.1, 0.15) is 25.8 Å². The van der Waals surface area contributed by atoms with Gasteiger partial charge in [0.05, 0.1) is 4.92 Å². The quantitative estimate of drug-likeness (QED) is 0.631. The van der Waals surface area contributed by atoms with Crippen LogP contribution in [-0.4, -0.2) is 22.1 Å². The Kier molecular flexibility index (Phi) is 5.03. The summed E-state index contributed by atoms with van der Waals surface area (Å²) in [5.41, 5.74) is -0.503. The highest BCUT2D eigenvalue weighted by molar-refractivity contribution is 5.72. The predicted molar refractivity (Wildman–Crippen MR) is 69.3 cm³/mol. The fourth-order valence-corrected chi connectivity index (χ4v) is 1.63. The highest BCUT2D eigenvalue weighted by atomic mass is 16.6. The number of nitrogens with zero attached hydrogens (tertiary/aromatic N) is 2. The van der Waals surface area contributed by atoms with Gasteiger partial charge in [0.25, 0.3) is 5.69 Å². The van der Waals surface area contributed by atoms with Crippen LogP contribution in [0.15, 0.2) is 18.2 Å². The van der Waals surface area contributed by atoms with Crippen LogP contribution >= 0.6 is 0 Å². The zero-order valence-electron chi connectivity index (χ0n) is 11.1. The summed E-state index contributed by atoms with van der Waals surface area (Å²) in [6, 6.07) is 5.28. The molecule has 0 aliphatic heterocycles. The van der Waals surface area contributed by atoms with Gasteiger partial charge in [0.15, 0.2) is 6.10 Å². The molecule has 0 aliphatic carbocycles. The van der Waals surface area contributed by atoms with Gasteiger partial charge in [-0.1, -0.05) is 13.8 Å². The average molecular weight is 278 g/mol. The van der Waals surface area contributed by atoms with E-state index in [4.69, 9.17) is 15.1 Å². The molecule has 0 spiro atoms. The number of rotatable bonds is 6. The van der Waals surface area contributed by atoms with Gasteiger partial charge in [-0.3, -0.25) is 10.1 Å². The van der Waals surface area contributed by atoms with E-state index in [2.05, 4.69) is 0 Å². The summed E-state index contributed by atoms with van der Waals surface area (Å²) in [7, 11) is 0. The monoisotopic (exact) mass is 278 g/mol. The Bertz CT molecular complexity index is 562. The Hall–Kier alpha value is -2.62. The minimum Gasteiger partial charge on any atom is -0.479 e. The molecule has 0 heterocycles. The van der Waals surface area contributed by atoms with Crippen molar-refractivity contribution in [2.45, 2.75) is 26.4 Å². The minimum atomic E-state index is -1.12. The lowest BCUT2D eigenvalue weighted by Crippen LogP contribution is -2.28. The van der Waals surface area contributed by atoms with Gasteiger partial charge < -0.3 is 9.84 Å². The molecule has 0 amide bonds. The third-order valence-electron chi connectivity index (χ3n) is 2.52. The van der Waals surface area contributed by atoms with Crippen molar-refractivity contribution in [3.63, 3.8) is 0 Å². The first kappa shape index (κ1) is 15.4. The van der Waals surface area contributed by atoms with Gasteiger partial charge in [-0.25, -0.2) is 4.79 Å². The first-order chi connectivity index (χ1) is 9.35. The Morgan fingerprint density at radius 2 is 2.20 bits per heavy atom. The number of benzene rings is 1. The van der Waals surface area contributed by atoms with Gasteiger partial charge in [-0.15, -0.1) is 0 Å². The summed E-state index contributed by atoms with van der Waals surface area (Å²) in [5, 5.41) is 28.6. The van der Waals surface area contributed by atoms with Gasteiger partial charge in [0.1, 0.15) is 17.4 Å². The highest BCUT2D eigenvalue weighted by Crippen LogP contribution is 2.25. The standard InChI is InChI=1S/C13H14N2O5/c1-8(2)5-12(13(16)17)20-10-3-4-11(15(18)19)9(6-10)7-14/h3-4,6,8,12H,5H2,1-2H3,(H,16,17). The van der Waals surface area contributed by atoms with Crippen LogP contribution in [0, 0.1) is 27.4 Å². The lowest BCUT2D eigenvalue weighted by atomic mass is 10.1. The van der Waals surface area contributed by atoms with Crippen molar-refractivity contribution in [1.29, 1.82) is 5.26 Å². The van der Waals surface area contributed by atoms with E-state index in [1.165, 1.54) is 12.1 Å². The SMILES string of the molecule is CC(C)CC(Oc1ccc([N+](=O)[O-])c(C#N)c1)C(=O)O. The van der Waals surface area contributed by atoms with Crippen LogP contribution in [0.25, 0.3) is 0 Å². The average Bonchev–Trinajstić information content (AvgIpc) is 2.36. The van der Waals surface area contributed by atoms with Gasteiger partial charge in [0.2, 0.25) is 0 Å².